The molecule has 0 amide bonds. The van der Waals surface area contributed by atoms with Gasteiger partial charge in [-0.2, -0.15) is 0 Å². The molecule has 118 valence electrons. The Morgan fingerprint density at radius 3 is 2.67 bits per heavy atom. The molecule has 1 aromatic rings. The molecule has 0 bridgehead atoms. The van der Waals surface area contributed by atoms with E-state index >= 15 is 0 Å². The predicted octanol–water partition coefficient (Wildman–Crippen LogP) is 3.89. The van der Waals surface area contributed by atoms with Crippen molar-refractivity contribution in [2.24, 2.45) is 11.8 Å². The van der Waals surface area contributed by atoms with Gasteiger partial charge in [-0.3, -0.25) is 0 Å². The van der Waals surface area contributed by atoms with Crippen LogP contribution in [0.1, 0.15) is 46.0 Å². The molecule has 2 nitrogen and oxygen atoms in total. The molecule has 1 aromatic carbocycles. The average molecular weight is 311 g/mol. The van der Waals surface area contributed by atoms with E-state index in [9.17, 15) is 0 Å². The van der Waals surface area contributed by atoms with Crippen molar-refractivity contribution in [3.63, 3.8) is 0 Å². The molecule has 0 unspecified atom stereocenters. The van der Waals surface area contributed by atoms with E-state index in [0.29, 0.717) is 0 Å². The monoisotopic (exact) mass is 310 g/mol. The van der Waals surface area contributed by atoms with Crippen LogP contribution in [0.4, 0.5) is 0 Å². The van der Waals surface area contributed by atoms with Crippen molar-refractivity contribution in [1.82, 2.24) is 0 Å². The lowest BCUT2D eigenvalue weighted by atomic mass is 9.78. The van der Waals surface area contributed by atoms with E-state index < -0.39 is 0 Å². The molecule has 3 atom stereocenters. The highest BCUT2D eigenvalue weighted by Crippen LogP contribution is 2.27. The van der Waals surface area contributed by atoms with E-state index in [-0.39, 0.29) is 0 Å². The first-order valence-electron chi connectivity index (χ1n) is 8.38. The quantitative estimate of drug-likeness (QED) is 0.760. The van der Waals surface area contributed by atoms with Crippen molar-refractivity contribution in [2.45, 2.75) is 52.0 Å². The van der Waals surface area contributed by atoms with E-state index in [0.717, 1.165) is 41.7 Å². The molecule has 1 saturated carbocycles. The maximum Gasteiger partial charge on any atom is 0.119 e. The molecule has 1 aliphatic carbocycles. The van der Waals surface area contributed by atoms with Crippen molar-refractivity contribution in [2.75, 3.05) is 13.2 Å². The van der Waals surface area contributed by atoms with Crippen LogP contribution in [0.2, 0.25) is 5.02 Å². The number of ether oxygens (including phenoxy) is 1. The van der Waals surface area contributed by atoms with Crippen LogP contribution in [0, 0.1) is 11.8 Å². The van der Waals surface area contributed by atoms with Crippen LogP contribution < -0.4 is 10.1 Å². The normalized spacial score (nSPS) is 25.8. The first-order valence-corrected chi connectivity index (χ1v) is 8.76. The summed E-state index contributed by atoms with van der Waals surface area (Å²) in [6.07, 6.45) is 6.57. The van der Waals surface area contributed by atoms with Gasteiger partial charge in [0.15, 0.2) is 0 Å². The van der Waals surface area contributed by atoms with Gasteiger partial charge in [-0.15, -0.1) is 0 Å². The van der Waals surface area contributed by atoms with Gasteiger partial charge in [0.25, 0.3) is 0 Å². The summed E-state index contributed by atoms with van der Waals surface area (Å²) in [5.41, 5.74) is 0. The van der Waals surface area contributed by atoms with Gasteiger partial charge in [-0.05, 0) is 62.3 Å². The second-order valence-electron chi connectivity index (χ2n) is 6.47. The van der Waals surface area contributed by atoms with Crippen LogP contribution in [-0.4, -0.2) is 19.2 Å². The molecule has 1 fully saturated rings. The Hall–Kier alpha value is -0.730. The molecule has 3 heteroatoms. The summed E-state index contributed by atoms with van der Waals surface area (Å²) >= 11 is 5.85. The average Bonchev–Trinajstić information content (AvgIpc) is 2.49. The summed E-state index contributed by atoms with van der Waals surface area (Å²) in [5.74, 6) is 2.68. The van der Waals surface area contributed by atoms with Crippen LogP contribution in [-0.2, 0) is 0 Å². The second kappa shape index (κ2) is 8.65. The molecule has 0 aromatic heterocycles. The summed E-state index contributed by atoms with van der Waals surface area (Å²) in [6, 6.07) is 8.44. The smallest absolute Gasteiger partial charge is 0.119 e. The number of rotatable bonds is 7. The number of benzene rings is 1. The summed E-state index contributed by atoms with van der Waals surface area (Å²) in [4.78, 5) is 0. The molecule has 2 N–H and O–H groups in total. The third-order valence-electron chi connectivity index (χ3n) is 4.92. The predicted molar refractivity (Wildman–Crippen MR) is 88.9 cm³/mol. The van der Waals surface area contributed by atoms with Gasteiger partial charge < -0.3 is 10.1 Å². The number of hydrogen-bond acceptors (Lipinski definition) is 1. The first-order chi connectivity index (χ1) is 10.2. The number of quaternary nitrogens is 1. The molecular weight excluding hydrogens is 282 g/mol. The lowest BCUT2D eigenvalue weighted by molar-refractivity contribution is -0.699. The lowest BCUT2D eigenvalue weighted by Crippen LogP contribution is -2.92. The minimum Gasteiger partial charge on any atom is -0.494 e. The number of hydrogen-bond donors (Lipinski definition) is 1. The largest absolute Gasteiger partial charge is 0.494 e. The highest BCUT2D eigenvalue weighted by molar-refractivity contribution is 6.30. The van der Waals surface area contributed by atoms with Crippen LogP contribution in [0.5, 0.6) is 5.75 Å². The Kier molecular flexibility index (Phi) is 6.85. The molecule has 0 radical (unpaired) electrons. The van der Waals surface area contributed by atoms with Gasteiger partial charge in [-0.1, -0.05) is 25.4 Å². The summed E-state index contributed by atoms with van der Waals surface area (Å²) in [5, 5.41) is 3.33. The van der Waals surface area contributed by atoms with E-state index in [2.05, 4.69) is 19.2 Å². The van der Waals surface area contributed by atoms with Crippen LogP contribution >= 0.6 is 11.6 Å². The minimum absolute atomic E-state index is 0.757. The van der Waals surface area contributed by atoms with Crippen molar-refractivity contribution < 1.29 is 10.1 Å². The van der Waals surface area contributed by atoms with Crippen LogP contribution in [0.3, 0.4) is 0 Å². The number of nitrogens with two attached hydrogens (primary N) is 1. The zero-order valence-electron chi connectivity index (χ0n) is 13.4. The molecule has 2 rings (SSSR count). The SMILES string of the molecule is C[C@H]1[C@@H]([NH2+]CCCCOc2ccc(Cl)cc2)CCC[C@@H]1C. The Morgan fingerprint density at radius 1 is 1.14 bits per heavy atom. The second-order valence-corrected chi connectivity index (χ2v) is 6.90. The molecule has 21 heavy (non-hydrogen) atoms. The van der Waals surface area contributed by atoms with Crippen LogP contribution in [0.15, 0.2) is 24.3 Å². The van der Waals surface area contributed by atoms with Gasteiger partial charge in [0, 0.05) is 10.9 Å². The fourth-order valence-electron chi connectivity index (χ4n) is 3.25. The summed E-state index contributed by atoms with van der Waals surface area (Å²) in [7, 11) is 0. The van der Waals surface area contributed by atoms with E-state index in [1.165, 1.54) is 32.2 Å². The Morgan fingerprint density at radius 2 is 1.90 bits per heavy atom. The highest BCUT2D eigenvalue weighted by atomic mass is 35.5. The summed E-state index contributed by atoms with van der Waals surface area (Å²) in [6.45, 7) is 6.86. The number of halogens is 1. The lowest BCUT2D eigenvalue weighted by Gasteiger charge is -2.32. The Labute approximate surface area is 134 Å². The fraction of sp³-hybridized carbons (Fsp3) is 0.667. The van der Waals surface area contributed by atoms with Gasteiger partial charge in [0.2, 0.25) is 0 Å². The third kappa shape index (κ3) is 5.52. The number of unbranched alkanes of at least 4 members (excludes halogenated alkanes) is 1. The maximum atomic E-state index is 5.85. The maximum absolute atomic E-state index is 5.85. The topological polar surface area (TPSA) is 25.8 Å². The van der Waals surface area contributed by atoms with Gasteiger partial charge >= 0.3 is 0 Å². The first kappa shape index (κ1) is 16.6. The minimum atomic E-state index is 0.757. The fourth-order valence-corrected chi connectivity index (χ4v) is 3.38. The molecular formula is C18H29ClNO+. The van der Waals surface area contributed by atoms with Crippen molar-refractivity contribution in [1.29, 1.82) is 0 Å². The van der Waals surface area contributed by atoms with Gasteiger partial charge in [0.1, 0.15) is 5.75 Å². The van der Waals surface area contributed by atoms with E-state index in [4.69, 9.17) is 16.3 Å². The molecule has 1 aliphatic rings. The molecule has 0 aliphatic heterocycles. The third-order valence-corrected chi connectivity index (χ3v) is 5.17. The van der Waals surface area contributed by atoms with Crippen LogP contribution in [0.25, 0.3) is 0 Å². The highest BCUT2D eigenvalue weighted by Gasteiger charge is 2.29. The van der Waals surface area contributed by atoms with Crippen molar-refractivity contribution in [3.05, 3.63) is 29.3 Å². The Balaban J connectivity index is 1.55. The van der Waals surface area contributed by atoms with Gasteiger partial charge in [-0.25, -0.2) is 0 Å². The molecule has 0 heterocycles. The van der Waals surface area contributed by atoms with Crippen molar-refractivity contribution in [3.8, 4) is 5.75 Å². The zero-order valence-corrected chi connectivity index (χ0v) is 14.1. The van der Waals surface area contributed by atoms with Gasteiger partial charge in [0.05, 0.1) is 19.2 Å². The van der Waals surface area contributed by atoms with E-state index in [1.807, 2.05) is 24.3 Å². The molecule has 0 saturated heterocycles. The van der Waals surface area contributed by atoms with Crippen molar-refractivity contribution >= 4 is 11.6 Å². The Bertz CT molecular complexity index is 406. The molecule has 0 spiro atoms. The standard InChI is InChI=1S/C18H28ClNO/c1-14-6-5-7-18(15(14)2)20-12-3-4-13-21-17-10-8-16(19)9-11-17/h8-11,14-15,18,20H,3-7,12-13H2,1-2H3/p+1/t14-,15+,18-/m0/s1. The summed E-state index contributed by atoms with van der Waals surface area (Å²) < 4.78 is 5.72. The van der Waals surface area contributed by atoms with E-state index in [1.54, 1.807) is 0 Å². The zero-order chi connectivity index (χ0) is 15.1.